The zero-order chi connectivity index (χ0) is 19.1. The second-order valence-electron chi connectivity index (χ2n) is 8.06. The second-order valence-corrected chi connectivity index (χ2v) is 8.06. The summed E-state index contributed by atoms with van der Waals surface area (Å²) in [5, 5.41) is 0.864. The van der Waals surface area contributed by atoms with Crippen LogP contribution in [-0.4, -0.2) is 46.2 Å². The molecule has 27 heavy (non-hydrogen) atoms. The van der Waals surface area contributed by atoms with Gasteiger partial charge in [0.1, 0.15) is 5.82 Å². The van der Waals surface area contributed by atoms with Gasteiger partial charge >= 0.3 is 0 Å². The summed E-state index contributed by atoms with van der Waals surface area (Å²) in [6.45, 7) is 6.22. The number of amides is 2. The average molecular weight is 371 g/mol. The van der Waals surface area contributed by atoms with Crippen molar-refractivity contribution >= 4 is 22.7 Å². The van der Waals surface area contributed by atoms with E-state index in [1.807, 2.05) is 23.6 Å². The van der Waals surface area contributed by atoms with Crippen molar-refractivity contribution in [2.45, 2.75) is 39.7 Å². The maximum Gasteiger partial charge on any atom is 0.227 e. The van der Waals surface area contributed by atoms with Gasteiger partial charge in [0.25, 0.3) is 0 Å². The number of H-pyrrole nitrogens is 1. The number of nitrogens with one attached hydrogen (secondary N) is 1. The highest BCUT2D eigenvalue weighted by Gasteiger charge is 2.33. The lowest BCUT2D eigenvalue weighted by Gasteiger charge is -2.37. The number of rotatable bonds is 2. The Labute approximate surface area is 158 Å². The van der Waals surface area contributed by atoms with E-state index in [1.54, 1.807) is 12.1 Å². The second kappa shape index (κ2) is 6.98. The lowest BCUT2D eigenvalue weighted by molar-refractivity contribution is -0.142. The van der Waals surface area contributed by atoms with Crippen LogP contribution in [0.5, 0.6) is 0 Å². The van der Waals surface area contributed by atoms with Gasteiger partial charge in [-0.1, -0.05) is 13.8 Å². The molecule has 5 nitrogen and oxygen atoms in total. The number of likely N-dealkylation sites (tertiary alicyclic amines) is 1. The van der Waals surface area contributed by atoms with Crippen molar-refractivity contribution < 1.29 is 14.0 Å². The van der Waals surface area contributed by atoms with Gasteiger partial charge in [-0.05, 0) is 31.0 Å². The number of halogens is 1. The van der Waals surface area contributed by atoms with Gasteiger partial charge in [-0.25, -0.2) is 4.39 Å². The van der Waals surface area contributed by atoms with E-state index in [4.69, 9.17) is 0 Å². The van der Waals surface area contributed by atoms with Crippen LogP contribution in [0.15, 0.2) is 18.2 Å². The lowest BCUT2D eigenvalue weighted by atomic mass is 9.94. The van der Waals surface area contributed by atoms with Gasteiger partial charge in [-0.3, -0.25) is 9.59 Å². The fourth-order valence-electron chi connectivity index (χ4n) is 4.38. The number of hydrogen-bond acceptors (Lipinski definition) is 2. The zero-order valence-electron chi connectivity index (χ0n) is 15.9. The van der Waals surface area contributed by atoms with E-state index < -0.39 is 0 Å². The highest BCUT2D eigenvalue weighted by Crippen LogP contribution is 2.30. The SMILES string of the molecule is CC(C)C(=O)N1CCCC(C(=O)N2CCc3[nH]c4ccc(F)cc4c3C2)C1. The van der Waals surface area contributed by atoms with Crippen LogP contribution in [0.2, 0.25) is 0 Å². The third-order valence-electron chi connectivity index (χ3n) is 5.83. The van der Waals surface area contributed by atoms with Crippen molar-refractivity contribution in [3.63, 3.8) is 0 Å². The van der Waals surface area contributed by atoms with Crippen LogP contribution in [-0.2, 0) is 22.6 Å². The largest absolute Gasteiger partial charge is 0.358 e. The number of aromatic nitrogens is 1. The van der Waals surface area contributed by atoms with Gasteiger partial charge in [0.15, 0.2) is 0 Å². The first kappa shape index (κ1) is 18.0. The quantitative estimate of drug-likeness (QED) is 0.882. The molecule has 2 aliphatic heterocycles. The number of piperidine rings is 1. The molecule has 1 atom stereocenters. The summed E-state index contributed by atoms with van der Waals surface area (Å²) < 4.78 is 13.7. The third-order valence-corrected chi connectivity index (χ3v) is 5.83. The molecule has 0 saturated carbocycles. The summed E-state index contributed by atoms with van der Waals surface area (Å²) in [7, 11) is 0. The minimum Gasteiger partial charge on any atom is -0.358 e. The summed E-state index contributed by atoms with van der Waals surface area (Å²) in [6, 6.07) is 4.75. The van der Waals surface area contributed by atoms with Gasteiger partial charge in [0.05, 0.1) is 5.92 Å². The molecule has 1 saturated heterocycles. The molecule has 2 aliphatic rings. The molecule has 1 N–H and O–H groups in total. The maximum absolute atomic E-state index is 13.7. The van der Waals surface area contributed by atoms with Gasteiger partial charge in [-0.15, -0.1) is 0 Å². The minimum atomic E-state index is -0.261. The van der Waals surface area contributed by atoms with Crippen LogP contribution in [0.1, 0.15) is 37.9 Å². The third kappa shape index (κ3) is 3.33. The molecule has 2 aromatic rings. The first-order chi connectivity index (χ1) is 12.9. The van der Waals surface area contributed by atoms with Crippen molar-refractivity contribution in [3.05, 3.63) is 35.3 Å². The predicted octanol–water partition coefficient (Wildman–Crippen LogP) is 3.09. The molecule has 0 aliphatic carbocycles. The zero-order valence-corrected chi connectivity index (χ0v) is 15.9. The highest BCUT2D eigenvalue weighted by molar-refractivity contribution is 5.87. The molecule has 6 heteroatoms. The summed E-state index contributed by atoms with van der Waals surface area (Å²) in [6.07, 6.45) is 2.44. The number of fused-ring (bicyclic) bond motifs is 3. The maximum atomic E-state index is 13.7. The Hall–Kier alpha value is -2.37. The van der Waals surface area contributed by atoms with Crippen LogP contribution in [0, 0.1) is 17.7 Å². The van der Waals surface area contributed by atoms with E-state index in [0.717, 1.165) is 48.0 Å². The molecule has 3 heterocycles. The highest BCUT2D eigenvalue weighted by atomic mass is 19.1. The van der Waals surface area contributed by atoms with Crippen LogP contribution >= 0.6 is 0 Å². The Bertz CT molecular complexity index is 889. The van der Waals surface area contributed by atoms with Crippen LogP contribution in [0.25, 0.3) is 10.9 Å². The van der Waals surface area contributed by atoms with E-state index in [-0.39, 0.29) is 29.5 Å². The summed E-state index contributed by atoms with van der Waals surface area (Å²) >= 11 is 0. The van der Waals surface area contributed by atoms with Gasteiger partial charge in [-0.2, -0.15) is 0 Å². The fourth-order valence-corrected chi connectivity index (χ4v) is 4.38. The molecule has 1 unspecified atom stereocenters. The number of aromatic amines is 1. The molecule has 1 aromatic carbocycles. The molecule has 0 radical (unpaired) electrons. The molecule has 0 spiro atoms. The first-order valence-corrected chi connectivity index (χ1v) is 9.80. The molecule has 1 aromatic heterocycles. The molecule has 4 rings (SSSR count). The van der Waals surface area contributed by atoms with E-state index >= 15 is 0 Å². The summed E-state index contributed by atoms with van der Waals surface area (Å²) in [5.74, 6) is -0.196. The van der Waals surface area contributed by atoms with E-state index in [2.05, 4.69) is 4.98 Å². The van der Waals surface area contributed by atoms with Gasteiger partial charge in [0, 0.05) is 60.7 Å². The number of benzene rings is 1. The summed E-state index contributed by atoms with van der Waals surface area (Å²) in [4.78, 5) is 32.5. The van der Waals surface area contributed by atoms with Crippen LogP contribution < -0.4 is 0 Å². The smallest absolute Gasteiger partial charge is 0.227 e. The van der Waals surface area contributed by atoms with E-state index in [0.29, 0.717) is 19.6 Å². The molecule has 144 valence electrons. The van der Waals surface area contributed by atoms with Gasteiger partial charge in [0.2, 0.25) is 11.8 Å². The fraction of sp³-hybridized carbons (Fsp3) is 0.524. The molecular formula is C21H26FN3O2. The normalized spacial score (nSPS) is 20.2. The molecule has 2 amide bonds. The monoisotopic (exact) mass is 371 g/mol. The van der Waals surface area contributed by atoms with Crippen molar-refractivity contribution in [1.29, 1.82) is 0 Å². The number of carbonyl (C=O) groups is 2. The predicted molar refractivity (Wildman–Crippen MR) is 102 cm³/mol. The van der Waals surface area contributed by atoms with Crippen LogP contribution in [0.4, 0.5) is 4.39 Å². The van der Waals surface area contributed by atoms with Crippen molar-refractivity contribution in [1.82, 2.24) is 14.8 Å². The Kier molecular flexibility index (Phi) is 4.66. The van der Waals surface area contributed by atoms with E-state index in [9.17, 15) is 14.0 Å². The standard InChI is InChI=1S/C21H26FN3O2/c1-13(2)20(26)24-8-3-4-14(11-24)21(27)25-9-7-19-17(12-25)16-10-15(22)5-6-18(16)23-19/h5-6,10,13-14,23H,3-4,7-9,11-12H2,1-2H3. The Balaban J connectivity index is 1.51. The number of nitrogens with zero attached hydrogens (tertiary/aromatic N) is 2. The topological polar surface area (TPSA) is 56.4 Å². The molecule has 1 fully saturated rings. The first-order valence-electron chi connectivity index (χ1n) is 9.80. The average Bonchev–Trinajstić information content (AvgIpc) is 3.04. The number of hydrogen-bond donors (Lipinski definition) is 1. The van der Waals surface area contributed by atoms with Crippen LogP contribution in [0.3, 0.4) is 0 Å². The Morgan fingerprint density at radius 3 is 2.81 bits per heavy atom. The van der Waals surface area contributed by atoms with Crippen molar-refractivity contribution in [2.75, 3.05) is 19.6 Å². The minimum absolute atomic E-state index is 0.0440. The number of carbonyl (C=O) groups excluding carboxylic acids is 2. The van der Waals surface area contributed by atoms with E-state index in [1.165, 1.54) is 6.07 Å². The molecule has 0 bridgehead atoms. The molecular weight excluding hydrogens is 345 g/mol. The lowest BCUT2D eigenvalue weighted by Crippen LogP contribution is -2.48. The van der Waals surface area contributed by atoms with Crippen molar-refractivity contribution in [2.24, 2.45) is 11.8 Å². The van der Waals surface area contributed by atoms with Gasteiger partial charge < -0.3 is 14.8 Å². The Morgan fingerprint density at radius 1 is 1.22 bits per heavy atom. The Morgan fingerprint density at radius 2 is 2.04 bits per heavy atom. The summed E-state index contributed by atoms with van der Waals surface area (Å²) in [5.41, 5.74) is 3.04. The van der Waals surface area contributed by atoms with Crippen molar-refractivity contribution in [3.8, 4) is 0 Å².